The third-order valence-electron chi connectivity index (χ3n) is 8.62. The Hall–Kier alpha value is -6.02. The van der Waals surface area contributed by atoms with Crippen LogP contribution in [0.2, 0.25) is 0 Å². The normalized spacial score (nSPS) is 14.9. The summed E-state index contributed by atoms with van der Waals surface area (Å²) in [4.78, 5) is 19.6. The number of benzene rings is 4. The second-order valence-electron chi connectivity index (χ2n) is 11.3. The number of para-hydroxylation sites is 2. The molecule has 0 spiro atoms. The van der Waals surface area contributed by atoms with E-state index in [0.717, 1.165) is 54.7 Å². The lowest BCUT2D eigenvalue weighted by Gasteiger charge is -2.15. The lowest BCUT2D eigenvalue weighted by Crippen LogP contribution is -2.07. The molecule has 4 heterocycles. The summed E-state index contributed by atoms with van der Waals surface area (Å²) in [5.74, 6) is 0.668. The van der Waals surface area contributed by atoms with Crippen LogP contribution in [0, 0.1) is 5.82 Å². The van der Waals surface area contributed by atoms with Crippen LogP contribution in [0.25, 0.3) is 72.3 Å². The highest BCUT2D eigenvalue weighted by molar-refractivity contribution is 6.23. The molecule has 1 atom stereocenters. The van der Waals surface area contributed by atoms with E-state index >= 15 is 0 Å². The van der Waals surface area contributed by atoms with Crippen molar-refractivity contribution in [3.8, 4) is 23.2 Å². The van der Waals surface area contributed by atoms with E-state index in [1.807, 2.05) is 36.4 Å². The van der Waals surface area contributed by atoms with Gasteiger partial charge in [-0.15, -0.1) is 0 Å². The summed E-state index contributed by atoms with van der Waals surface area (Å²) < 4.78 is 32.3. The van der Waals surface area contributed by atoms with Gasteiger partial charge in [-0.25, -0.2) is 28.7 Å². The summed E-state index contributed by atoms with van der Waals surface area (Å²) >= 11 is 0. The molecule has 0 saturated carbocycles. The molecule has 1 aliphatic carbocycles. The molecule has 6 nitrogen and oxygen atoms in total. The maximum atomic E-state index is 14.1. The summed E-state index contributed by atoms with van der Waals surface area (Å²) in [5, 5.41) is 4.18. The van der Waals surface area contributed by atoms with E-state index < -0.39 is 6.17 Å². The summed E-state index contributed by atoms with van der Waals surface area (Å²) in [6, 6.07) is 30.7. The van der Waals surface area contributed by atoms with Crippen molar-refractivity contribution in [2.24, 2.45) is 0 Å². The first-order valence-electron chi connectivity index (χ1n) is 15.0. The lowest BCUT2D eigenvalue weighted by atomic mass is 10.0. The quantitative estimate of drug-likeness (QED) is 0.202. The van der Waals surface area contributed by atoms with E-state index in [4.69, 9.17) is 9.97 Å². The van der Waals surface area contributed by atoms with Gasteiger partial charge in [-0.1, -0.05) is 60.7 Å². The number of fused-ring (bicyclic) bond motifs is 7. The molecule has 9 rings (SSSR count). The SMILES string of the molecule is Fc1ccc(-c2cc(C3=CCC(F)C=C3)nc(-n3c4ccccc4c4ccc5c6ccccc6n(-c6ncccn6)c5c43)n2)cc1. The number of alkyl halides is 1. The van der Waals surface area contributed by atoms with Crippen LogP contribution in [0.5, 0.6) is 0 Å². The molecular formula is C38H24F2N6. The molecule has 0 aliphatic heterocycles. The van der Waals surface area contributed by atoms with Crippen LogP contribution in [0.4, 0.5) is 8.78 Å². The van der Waals surface area contributed by atoms with Gasteiger partial charge in [-0.3, -0.25) is 9.13 Å². The van der Waals surface area contributed by atoms with Crippen molar-refractivity contribution in [2.45, 2.75) is 12.6 Å². The molecule has 0 saturated heterocycles. The van der Waals surface area contributed by atoms with Gasteiger partial charge < -0.3 is 0 Å². The van der Waals surface area contributed by atoms with Crippen molar-refractivity contribution in [3.05, 3.63) is 139 Å². The first kappa shape index (κ1) is 26.4. The third kappa shape index (κ3) is 4.07. The van der Waals surface area contributed by atoms with Gasteiger partial charge >= 0.3 is 0 Å². The van der Waals surface area contributed by atoms with Crippen molar-refractivity contribution >= 4 is 49.2 Å². The highest BCUT2D eigenvalue weighted by Gasteiger charge is 2.24. The van der Waals surface area contributed by atoms with Gasteiger partial charge in [0.2, 0.25) is 11.9 Å². The van der Waals surface area contributed by atoms with Crippen LogP contribution < -0.4 is 0 Å². The Morgan fingerprint density at radius 2 is 1.24 bits per heavy atom. The van der Waals surface area contributed by atoms with Crippen molar-refractivity contribution in [2.75, 3.05) is 0 Å². The Bertz CT molecular complexity index is 2530. The zero-order chi connectivity index (χ0) is 30.8. The van der Waals surface area contributed by atoms with E-state index in [9.17, 15) is 8.78 Å². The van der Waals surface area contributed by atoms with Crippen molar-refractivity contribution in [1.29, 1.82) is 0 Å². The molecule has 0 bridgehead atoms. The monoisotopic (exact) mass is 602 g/mol. The average molecular weight is 603 g/mol. The summed E-state index contributed by atoms with van der Waals surface area (Å²) in [6.07, 6.45) is 7.90. The fourth-order valence-corrected chi connectivity index (χ4v) is 6.56. The summed E-state index contributed by atoms with van der Waals surface area (Å²) in [7, 11) is 0. The molecule has 4 aromatic carbocycles. The standard InChI is InChI=1S/C38H24F2N6/c39-25-14-10-23(11-15-25)31-22-32(24-12-16-26(40)17-13-24)44-38(43-31)46-34-9-4-2-7-28(34)30-19-18-29-27-6-1-3-8-33(27)45(35(29)36(30)46)37-41-20-5-21-42-37/h1-16,18-22,26H,17H2. The Morgan fingerprint density at radius 3 is 1.87 bits per heavy atom. The molecular weight excluding hydrogens is 578 g/mol. The number of hydrogen-bond acceptors (Lipinski definition) is 4. The van der Waals surface area contributed by atoms with Crippen LogP contribution in [0.15, 0.2) is 128 Å². The average Bonchev–Trinajstić information content (AvgIpc) is 3.62. The first-order chi connectivity index (χ1) is 22.6. The van der Waals surface area contributed by atoms with E-state index in [1.54, 1.807) is 42.7 Å². The maximum Gasteiger partial charge on any atom is 0.235 e. The predicted octanol–water partition coefficient (Wildman–Crippen LogP) is 8.95. The van der Waals surface area contributed by atoms with Gasteiger partial charge in [0.05, 0.1) is 33.5 Å². The number of hydrogen-bond donors (Lipinski definition) is 0. The molecule has 0 N–H and O–H groups in total. The second-order valence-corrected chi connectivity index (χ2v) is 11.3. The Morgan fingerprint density at radius 1 is 0.630 bits per heavy atom. The number of nitrogens with zero attached hydrogens (tertiary/aromatic N) is 6. The van der Waals surface area contributed by atoms with E-state index in [1.165, 1.54) is 12.1 Å². The first-order valence-corrected chi connectivity index (χ1v) is 15.0. The highest BCUT2D eigenvalue weighted by atomic mass is 19.1. The Labute approximate surface area is 261 Å². The minimum absolute atomic E-state index is 0.268. The topological polar surface area (TPSA) is 61.4 Å². The Kier molecular flexibility index (Phi) is 5.89. The smallest absolute Gasteiger partial charge is 0.235 e. The van der Waals surface area contributed by atoms with Crippen LogP contribution >= 0.6 is 0 Å². The minimum atomic E-state index is -1.03. The van der Waals surface area contributed by atoms with Crippen molar-refractivity contribution in [3.63, 3.8) is 0 Å². The van der Waals surface area contributed by atoms with Crippen molar-refractivity contribution < 1.29 is 8.78 Å². The summed E-state index contributed by atoms with van der Waals surface area (Å²) in [5.41, 5.74) is 6.56. The van der Waals surface area contributed by atoms with Crippen LogP contribution in [-0.4, -0.2) is 35.2 Å². The number of aromatic nitrogens is 6. The lowest BCUT2D eigenvalue weighted by molar-refractivity contribution is 0.402. The van der Waals surface area contributed by atoms with Crippen molar-refractivity contribution in [1.82, 2.24) is 29.1 Å². The van der Waals surface area contributed by atoms with E-state index in [-0.39, 0.29) is 12.2 Å². The van der Waals surface area contributed by atoms with Gasteiger partial charge in [0.25, 0.3) is 0 Å². The molecule has 8 heteroatoms. The third-order valence-corrected chi connectivity index (χ3v) is 8.62. The molecule has 0 amide bonds. The molecule has 0 radical (unpaired) electrons. The molecule has 8 aromatic rings. The van der Waals surface area contributed by atoms with Gasteiger partial charge in [-0.2, -0.15) is 0 Å². The maximum absolute atomic E-state index is 14.1. The largest absolute Gasteiger partial charge is 0.276 e. The Balaban J connectivity index is 1.44. The van der Waals surface area contributed by atoms with Crippen LogP contribution in [0.1, 0.15) is 12.1 Å². The molecule has 1 unspecified atom stereocenters. The second kappa shape index (κ2) is 10.3. The van der Waals surface area contributed by atoms with Gasteiger partial charge in [-0.05, 0) is 60.2 Å². The molecule has 4 aromatic heterocycles. The predicted molar refractivity (Wildman–Crippen MR) is 178 cm³/mol. The molecule has 220 valence electrons. The van der Waals surface area contributed by atoms with E-state index in [2.05, 4.69) is 55.5 Å². The number of rotatable bonds is 4. The fourth-order valence-electron chi connectivity index (χ4n) is 6.56. The molecule has 46 heavy (non-hydrogen) atoms. The minimum Gasteiger partial charge on any atom is -0.276 e. The molecule has 0 fully saturated rings. The van der Waals surface area contributed by atoms with E-state index in [0.29, 0.717) is 23.3 Å². The van der Waals surface area contributed by atoms with Gasteiger partial charge in [0, 0.05) is 45.9 Å². The van der Waals surface area contributed by atoms with Gasteiger partial charge in [0.1, 0.15) is 12.0 Å². The molecule has 1 aliphatic rings. The van der Waals surface area contributed by atoms with Gasteiger partial charge in [0.15, 0.2) is 0 Å². The van der Waals surface area contributed by atoms with Crippen LogP contribution in [0.3, 0.4) is 0 Å². The zero-order valence-electron chi connectivity index (χ0n) is 24.3. The number of halogens is 2. The zero-order valence-corrected chi connectivity index (χ0v) is 24.3. The van der Waals surface area contributed by atoms with Crippen LogP contribution in [-0.2, 0) is 0 Å². The summed E-state index contributed by atoms with van der Waals surface area (Å²) in [6.45, 7) is 0. The number of allylic oxidation sites excluding steroid dienone is 4. The highest BCUT2D eigenvalue weighted by Crippen LogP contribution is 2.41. The fraction of sp³-hybridized carbons (Fsp3) is 0.0526.